The van der Waals surface area contributed by atoms with Crippen LogP contribution >= 0.6 is 0 Å². The smallest absolute Gasteiger partial charge is 0.260 e. The molecule has 0 bridgehead atoms. The van der Waals surface area contributed by atoms with Gasteiger partial charge in [-0.1, -0.05) is 13.8 Å². The number of aryl methyl sites for hydroxylation is 2. The Morgan fingerprint density at radius 3 is 2.71 bits per heavy atom. The number of ether oxygens (including phenoxy) is 1. The van der Waals surface area contributed by atoms with Crippen LogP contribution in [0.3, 0.4) is 0 Å². The molecule has 0 spiro atoms. The summed E-state index contributed by atoms with van der Waals surface area (Å²) >= 11 is 0. The number of nitrogens with two attached hydrogens (primary N) is 1. The number of hydrogen-bond donors (Lipinski definition) is 3. The number of amides is 1. The normalized spacial score (nSPS) is 14.4. The van der Waals surface area contributed by atoms with Crippen LogP contribution in [0.5, 0.6) is 5.75 Å². The second kappa shape index (κ2) is 9.22. The third kappa shape index (κ3) is 4.36. The minimum atomic E-state index is -0.211. The van der Waals surface area contributed by atoms with Crippen LogP contribution in [0.4, 0.5) is 11.8 Å². The van der Waals surface area contributed by atoms with Gasteiger partial charge in [0.2, 0.25) is 5.95 Å². The third-order valence-corrected chi connectivity index (χ3v) is 5.77. The summed E-state index contributed by atoms with van der Waals surface area (Å²) in [5.41, 5.74) is 11.1. The number of aromatic nitrogens is 5. The number of nitrogen functional groups attached to an aromatic ring is 1. The monoisotopic (exact) mass is 462 g/mol. The van der Waals surface area contributed by atoms with Crippen molar-refractivity contribution in [3.63, 3.8) is 0 Å². The Bertz CT molecular complexity index is 1280. The third-order valence-electron chi connectivity index (χ3n) is 5.77. The largest absolute Gasteiger partial charge is 0.496 e. The number of fused-ring (bicyclic) bond motifs is 1. The number of rotatable bonds is 7. The minimum absolute atomic E-state index is 0.113. The van der Waals surface area contributed by atoms with E-state index in [2.05, 4.69) is 44.1 Å². The van der Waals surface area contributed by atoms with Crippen LogP contribution in [0, 0.1) is 20.8 Å². The number of pyridine rings is 1. The molecule has 3 aromatic rings. The maximum atomic E-state index is 13.6. The van der Waals surface area contributed by atoms with Gasteiger partial charge in [0.15, 0.2) is 0 Å². The zero-order valence-electron chi connectivity index (χ0n) is 20.4. The minimum Gasteiger partial charge on any atom is -0.496 e. The Morgan fingerprint density at radius 2 is 2.00 bits per heavy atom. The van der Waals surface area contributed by atoms with Crippen LogP contribution in [0.1, 0.15) is 53.4 Å². The van der Waals surface area contributed by atoms with Crippen molar-refractivity contribution in [2.45, 2.75) is 53.8 Å². The molecule has 3 aromatic heterocycles. The lowest BCUT2D eigenvalue weighted by Gasteiger charge is -2.19. The molecule has 0 fully saturated rings. The molecule has 34 heavy (non-hydrogen) atoms. The first-order chi connectivity index (χ1) is 16.2. The maximum Gasteiger partial charge on any atom is 0.260 e. The van der Waals surface area contributed by atoms with Gasteiger partial charge in [-0.05, 0) is 26.8 Å². The number of aromatic amines is 1. The van der Waals surface area contributed by atoms with Crippen molar-refractivity contribution < 1.29 is 9.53 Å². The Balaban J connectivity index is 1.73. The molecule has 0 aliphatic carbocycles. The van der Waals surface area contributed by atoms with E-state index in [-0.39, 0.29) is 18.4 Å². The molecule has 0 radical (unpaired) electrons. The lowest BCUT2D eigenvalue weighted by Crippen LogP contribution is -2.27. The highest BCUT2D eigenvalue weighted by molar-refractivity contribution is 6.35. The second-order valence-corrected chi connectivity index (χ2v) is 8.67. The summed E-state index contributed by atoms with van der Waals surface area (Å²) in [4.78, 5) is 36.2. The highest BCUT2D eigenvalue weighted by Gasteiger charge is 2.37. The number of carbonyl (C=O) groups excluding carboxylic acids is 1. The van der Waals surface area contributed by atoms with Crippen LogP contribution in [0.25, 0.3) is 11.6 Å². The van der Waals surface area contributed by atoms with Crippen molar-refractivity contribution in [3.05, 3.63) is 52.0 Å². The lowest BCUT2D eigenvalue weighted by atomic mass is 10.1. The summed E-state index contributed by atoms with van der Waals surface area (Å²) in [5, 5.41) is 3.33. The van der Waals surface area contributed by atoms with Gasteiger partial charge in [0.05, 0.1) is 41.9 Å². The van der Waals surface area contributed by atoms with Gasteiger partial charge in [-0.25, -0.2) is 9.97 Å². The van der Waals surface area contributed by atoms with E-state index < -0.39 is 0 Å². The molecule has 4 N–H and O–H groups in total. The van der Waals surface area contributed by atoms with Crippen molar-refractivity contribution in [2.75, 3.05) is 17.7 Å². The Hall–Kier alpha value is -3.79. The van der Waals surface area contributed by atoms with E-state index in [0.29, 0.717) is 41.1 Å². The number of nitrogens with one attached hydrogen (secondary N) is 2. The number of H-pyrrole nitrogens is 1. The number of carbonyl (C=O) groups is 1. The molecular weight excluding hydrogens is 432 g/mol. The van der Waals surface area contributed by atoms with E-state index in [0.717, 1.165) is 28.3 Å². The van der Waals surface area contributed by atoms with E-state index in [1.165, 1.54) is 0 Å². The van der Waals surface area contributed by atoms with E-state index in [4.69, 9.17) is 10.5 Å². The molecule has 178 valence electrons. The van der Waals surface area contributed by atoms with Gasteiger partial charge in [0, 0.05) is 36.1 Å². The number of imidazole rings is 1. The van der Waals surface area contributed by atoms with Gasteiger partial charge in [-0.15, -0.1) is 0 Å². The molecule has 0 unspecified atom stereocenters. The molecule has 10 heteroatoms. The number of anilines is 2. The van der Waals surface area contributed by atoms with Crippen LogP contribution in [-0.2, 0) is 17.9 Å². The predicted molar refractivity (Wildman–Crippen MR) is 131 cm³/mol. The quantitative estimate of drug-likeness (QED) is 0.456. The van der Waals surface area contributed by atoms with E-state index in [1.54, 1.807) is 24.3 Å². The zero-order chi connectivity index (χ0) is 24.6. The summed E-state index contributed by atoms with van der Waals surface area (Å²) in [7, 11) is 1.63. The molecule has 1 aliphatic heterocycles. The molecule has 0 atom stereocenters. The van der Waals surface area contributed by atoms with Crippen molar-refractivity contribution in [1.82, 2.24) is 30.2 Å². The average molecular weight is 463 g/mol. The molecule has 0 aromatic carbocycles. The second-order valence-electron chi connectivity index (χ2n) is 8.67. The molecule has 1 aliphatic rings. The highest BCUT2D eigenvalue weighted by atomic mass is 16.5. The van der Waals surface area contributed by atoms with Crippen LogP contribution in [-0.4, -0.2) is 44.0 Å². The van der Waals surface area contributed by atoms with Crippen molar-refractivity contribution in [2.24, 2.45) is 0 Å². The van der Waals surface area contributed by atoms with Crippen LogP contribution in [0.15, 0.2) is 12.4 Å². The van der Waals surface area contributed by atoms with Gasteiger partial charge in [-0.2, -0.15) is 4.98 Å². The Morgan fingerprint density at radius 1 is 1.24 bits per heavy atom. The van der Waals surface area contributed by atoms with Gasteiger partial charge in [0.1, 0.15) is 17.4 Å². The van der Waals surface area contributed by atoms with Crippen molar-refractivity contribution in [3.8, 4) is 5.75 Å². The maximum absolute atomic E-state index is 13.6. The number of nitrogens with zero attached hydrogens (tertiary/aromatic N) is 5. The first kappa shape index (κ1) is 23.4. The molecule has 4 heterocycles. The SMILES string of the molecule is COc1c(C)cnc(CN2C(=O)/C(=C\c3nc(CNC(C)C)c[nH]3)c3c(C)nc(N)nc32)c1C. The summed E-state index contributed by atoms with van der Waals surface area (Å²) in [6.07, 6.45) is 5.31. The molecular formula is C24H30N8O2. The van der Waals surface area contributed by atoms with Crippen molar-refractivity contribution in [1.29, 1.82) is 0 Å². The number of hydrogen-bond acceptors (Lipinski definition) is 8. The fourth-order valence-electron chi connectivity index (χ4n) is 4.09. The Kier molecular flexibility index (Phi) is 6.34. The first-order valence-corrected chi connectivity index (χ1v) is 11.1. The van der Waals surface area contributed by atoms with Gasteiger partial charge in [-0.3, -0.25) is 14.7 Å². The van der Waals surface area contributed by atoms with Crippen molar-refractivity contribution >= 4 is 29.3 Å². The summed E-state index contributed by atoms with van der Waals surface area (Å²) < 4.78 is 5.53. The van der Waals surface area contributed by atoms with Gasteiger partial charge in [0.25, 0.3) is 5.91 Å². The van der Waals surface area contributed by atoms with E-state index >= 15 is 0 Å². The van der Waals surface area contributed by atoms with Crippen LogP contribution in [0.2, 0.25) is 0 Å². The average Bonchev–Trinajstić information content (AvgIpc) is 3.32. The fraction of sp³-hybridized carbons (Fsp3) is 0.375. The molecule has 4 rings (SSSR count). The zero-order valence-corrected chi connectivity index (χ0v) is 20.4. The van der Waals surface area contributed by atoms with E-state index in [9.17, 15) is 4.79 Å². The molecule has 1 amide bonds. The molecule has 0 saturated heterocycles. The molecule has 10 nitrogen and oxygen atoms in total. The first-order valence-electron chi connectivity index (χ1n) is 11.1. The Labute approximate surface area is 198 Å². The topological polar surface area (TPSA) is 135 Å². The summed E-state index contributed by atoms with van der Waals surface area (Å²) in [5.74, 6) is 1.71. The predicted octanol–water partition coefficient (Wildman–Crippen LogP) is 2.70. The number of methoxy groups -OCH3 is 1. The van der Waals surface area contributed by atoms with Gasteiger partial charge >= 0.3 is 0 Å². The van der Waals surface area contributed by atoms with E-state index in [1.807, 2.05) is 27.0 Å². The van der Waals surface area contributed by atoms with Gasteiger partial charge < -0.3 is 20.8 Å². The molecule has 0 saturated carbocycles. The summed E-state index contributed by atoms with van der Waals surface area (Å²) in [6.45, 7) is 10.7. The lowest BCUT2D eigenvalue weighted by molar-refractivity contribution is -0.113. The summed E-state index contributed by atoms with van der Waals surface area (Å²) in [6, 6.07) is 0.345. The standard InChI is InChI=1S/C24H30N8O2/c1-12(2)26-9-16-10-28-19(30-16)7-17-20-15(5)29-24(25)31-22(20)32(23(17)33)11-18-14(4)21(34-6)13(3)8-27-18/h7-8,10,12,26H,9,11H2,1-6H3,(H,28,30)(H2,25,29,31)/b17-7-. The highest BCUT2D eigenvalue weighted by Crippen LogP contribution is 2.39. The van der Waals surface area contributed by atoms with Crippen LogP contribution < -0.4 is 20.7 Å². The fourth-order valence-corrected chi connectivity index (χ4v) is 4.09.